The van der Waals surface area contributed by atoms with Gasteiger partial charge in [0, 0.05) is 0 Å². The first-order chi connectivity index (χ1) is 6.50. The Hall–Kier alpha value is 1.70. The molecule has 0 aromatic heterocycles. The maximum absolute atomic E-state index is 6.02. The lowest BCUT2D eigenvalue weighted by atomic mass is 9.95. The SMILES string of the molecule is ClCOC1C(Cl)C(Cl)C(Cl)C(Cl)C1Cl. The Morgan fingerprint density at radius 3 is 1.43 bits per heavy atom. The van der Waals surface area contributed by atoms with E-state index in [2.05, 4.69) is 0 Å². The first kappa shape index (κ1) is 13.8. The van der Waals surface area contributed by atoms with Gasteiger partial charge >= 0.3 is 0 Å². The Morgan fingerprint density at radius 1 is 0.714 bits per heavy atom. The summed E-state index contributed by atoms with van der Waals surface area (Å²) in [6, 6.07) is -0.00270. The summed E-state index contributed by atoms with van der Waals surface area (Å²) in [4.78, 5) is 0. The quantitative estimate of drug-likeness (QED) is 0.706. The van der Waals surface area contributed by atoms with E-state index in [1.807, 2.05) is 0 Å². The van der Waals surface area contributed by atoms with Gasteiger partial charge in [0.2, 0.25) is 0 Å². The van der Waals surface area contributed by atoms with E-state index < -0.39 is 33.0 Å². The van der Waals surface area contributed by atoms with Crippen LogP contribution in [0.2, 0.25) is 0 Å². The molecule has 0 N–H and O–H groups in total. The molecule has 1 aliphatic rings. The second-order valence-corrected chi connectivity index (χ2v) is 5.70. The van der Waals surface area contributed by atoms with Crippen molar-refractivity contribution in [3.05, 3.63) is 0 Å². The first-order valence-electron chi connectivity index (χ1n) is 3.88. The van der Waals surface area contributed by atoms with E-state index in [0.29, 0.717) is 0 Å². The molecule has 0 spiro atoms. The van der Waals surface area contributed by atoms with E-state index in [-0.39, 0.29) is 6.07 Å². The van der Waals surface area contributed by atoms with Crippen molar-refractivity contribution in [2.75, 3.05) is 6.07 Å². The van der Waals surface area contributed by atoms with Crippen molar-refractivity contribution in [3.8, 4) is 0 Å². The van der Waals surface area contributed by atoms with E-state index in [9.17, 15) is 0 Å². The third-order valence-corrected chi connectivity index (χ3v) is 5.41. The summed E-state index contributed by atoms with van der Waals surface area (Å²) < 4.78 is 5.17. The largest absolute Gasteiger partial charge is 0.359 e. The normalized spacial score (nSPS) is 49.3. The minimum absolute atomic E-state index is 0.00270. The molecule has 1 saturated carbocycles. The van der Waals surface area contributed by atoms with Crippen molar-refractivity contribution >= 4 is 69.6 Å². The van der Waals surface area contributed by atoms with Crippen molar-refractivity contribution in [1.82, 2.24) is 0 Å². The Labute approximate surface area is 113 Å². The predicted octanol–water partition coefficient (Wildman–Crippen LogP) is 3.62. The van der Waals surface area contributed by atoms with Gasteiger partial charge in [-0.3, -0.25) is 0 Å². The highest BCUT2D eigenvalue weighted by Gasteiger charge is 2.48. The van der Waals surface area contributed by atoms with Crippen LogP contribution in [-0.2, 0) is 4.74 Å². The molecule has 1 fully saturated rings. The molecule has 0 aromatic carbocycles. The van der Waals surface area contributed by atoms with Crippen LogP contribution in [-0.4, -0.2) is 39.1 Å². The summed E-state index contributed by atoms with van der Waals surface area (Å²) in [7, 11) is 0. The van der Waals surface area contributed by atoms with Gasteiger partial charge in [-0.25, -0.2) is 0 Å². The van der Waals surface area contributed by atoms with Gasteiger partial charge in [-0.05, 0) is 0 Å². The van der Waals surface area contributed by atoms with Crippen LogP contribution in [0.1, 0.15) is 0 Å². The molecule has 0 bridgehead atoms. The van der Waals surface area contributed by atoms with Crippen LogP contribution in [0.25, 0.3) is 0 Å². The highest BCUT2D eigenvalue weighted by molar-refractivity contribution is 6.41. The molecule has 0 radical (unpaired) electrons. The maximum Gasteiger partial charge on any atom is 0.121 e. The molecule has 0 heterocycles. The third-order valence-electron chi connectivity index (χ3n) is 2.10. The average Bonchev–Trinajstić information content (AvgIpc) is 2.19. The van der Waals surface area contributed by atoms with Gasteiger partial charge in [0.1, 0.15) is 6.07 Å². The molecule has 1 rings (SSSR count). The molecule has 0 saturated heterocycles. The van der Waals surface area contributed by atoms with Crippen LogP contribution in [0.4, 0.5) is 0 Å². The molecule has 4 atom stereocenters. The lowest BCUT2D eigenvalue weighted by molar-refractivity contribution is 0.0675. The van der Waals surface area contributed by atoms with E-state index in [4.69, 9.17) is 74.3 Å². The smallest absolute Gasteiger partial charge is 0.121 e. The zero-order chi connectivity index (χ0) is 10.9. The fraction of sp³-hybridized carbons (Fsp3) is 1.00. The Morgan fingerprint density at radius 2 is 1.07 bits per heavy atom. The predicted molar refractivity (Wildman–Crippen MR) is 63.8 cm³/mol. The van der Waals surface area contributed by atoms with Gasteiger partial charge in [0.25, 0.3) is 0 Å². The summed E-state index contributed by atoms with van der Waals surface area (Å²) in [6.45, 7) is 0. The highest BCUT2D eigenvalue weighted by atomic mass is 35.5. The first-order valence-corrected chi connectivity index (χ1v) is 6.60. The minimum atomic E-state index is -0.490. The third kappa shape index (κ3) is 2.68. The Balaban J connectivity index is 2.75. The Bertz CT molecular complexity index is 175. The molecule has 0 aromatic rings. The van der Waals surface area contributed by atoms with Gasteiger partial charge in [0.05, 0.1) is 33.0 Å². The number of hydrogen-bond donors (Lipinski definition) is 0. The molecule has 84 valence electrons. The summed E-state index contributed by atoms with van der Waals surface area (Å²) in [5.41, 5.74) is 0. The number of ether oxygens (including phenoxy) is 1. The van der Waals surface area contributed by atoms with E-state index >= 15 is 0 Å². The van der Waals surface area contributed by atoms with Crippen LogP contribution < -0.4 is 0 Å². The maximum atomic E-state index is 6.02. The number of rotatable bonds is 2. The van der Waals surface area contributed by atoms with Gasteiger partial charge in [-0.2, -0.15) is 0 Å². The van der Waals surface area contributed by atoms with Crippen LogP contribution >= 0.6 is 69.6 Å². The standard InChI is InChI=1S/C7H8Cl6O/c8-1-14-7-5(12)3(10)2(9)4(11)6(7)13/h2-7H,1H2. The molecular formula is C7H8Cl6O. The molecule has 1 aliphatic carbocycles. The van der Waals surface area contributed by atoms with Crippen molar-refractivity contribution in [2.24, 2.45) is 0 Å². The lowest BCUT2D eigenvalue weighted by Gasteiger charge is -2.40. The lowest BCUT2D eigenvalue weighted by Crippen LogP contribution is -2.55. The summed E-state index contributed by atoms with van der Waals surface area (Å²) in [6.07, 6.45) is -0.476. The second kappa shape index (κ2) is 5.86. The van der Waals surface area contributed by atoms with Crippen LogP contribution in [0, 0.1) is 0 Å². The second-order valence-electron chi connectivity index (χ2n) is 2.96. The highest BCUT2D eigenvalue weighted by Crippen LogP contribution is 2.38. The topological polar surface area (TPSA) is 9.23 Å². The fourth-order valence-electron chi connectivity index (χ4n) is 1.32. The number of alkyl halides is 6. The molecule has 1 nitrogen and oxygen atoms in total. The zero-order valence-electron chi connectivity index (χ0n) is 6.85. The van der Waals surface area contributed by atoms with E-state index in [1.54, 1.807) is 0 Å². The Kier molecular flexibility index (Phi) is 5.76. The van der Waals surface area contributed by atoms with Gasteiger partial charge in [-0.15, -0.1) is 58.0 Å². The molecule has 0 amide bonds. The van der Waals surface area contributed by atoms with Crippen LogP contribution in [0.5, 0.6) is 0 Å². The van der Waals surface area contributed by atoms with Crippen molar-refractivity contribution < 1.29 is 4.74 Å². The average molecular weight is 321 g/mol. The van der Waals surface area contributed by atoms with Gasteiger partial charge in [0.15, 0.2) is 0 Å². The summed E-state index contributed by atoms with van der Waals surface area (Å²) >= 11 is 35.4. The summed E-state index contributed by atoms with van der Waals surface area (Å²) in [5.74, 6) is 0. The van der Waals surface area contributed by atoms with Crippen molar-refractivity contribution in [3.63, 3.8) is 0 Å². The van der Waals surface area contributed by atoms with Crippen molar-refractivity contribution in [1.29, 1.82) is 0 Å². The molecule has 7 heteroatoms. The number of hydrogen-bond acceptors (Lipinski definition) is 1. The van der Waals surface area contributed by atoms with Gasteiger partial charge < -0.3 is 4.74 Å². The molecule has 4 unspecified atom stereocenters. The van der Waals surface area contributed by atoms with Crippen molar-refractivity contribution in [2.45, 2.75) is 33.0 Å². The van der Waals surface area contributed by atoms with Crippen LogP contribution in [0.15, 0.2) is 0 Å². The number of halogens is 6. The molecule has 14 heavy (non-hydrogen) atoms. The monoisotopic (exact) mass is 318 g/mol. The van der Waals surface area contributed by atoms with Crippen LogP contribution in [0.3, 0.4) is 0 Å². The fourth-order valence-corrected chi connectivity index (χ4v) is 3.45. The van der Waals surface area contributed by atoms with E-state index in [0.717, 1.165) is 0 Å². The minimum Gasteiger partial charge on any atom is -0.359 e. The molecule has 0 aliphatic heterocycles. The summed E-state index contributed by atoms with van der Waals surface area (Å²) in [5, 5.41) is -2.42. The van der Waals surface area contributed by atoms with E-state index in [1.165, 1.54) is 0 Å². The zero-order valence-corrected chi connectivity index (χ0v) is 11.4. The molecular weight excluding hydrogens is 313 g/mol. The van der Waals surface area contributed by atoms with Gasteiger partial charge in [-0.1, -0.05) is 11.6 Å².